The first-order valence-corrected chi connectivity index (χ1v) is 9.16. The van der Waals surface area contributed by atoms with Crippen molar-refractivity contribution >= 4 is 11.0 Å². The van der Waals surface area contributed by atoms with E-state index in [9.17, 15) is 4.21 Å². The van der Waals surface area contributed by atoms with E-state index in [1.807, 2.05) is 65.8 Å². The maximum atomic E-state index is 12.9. The Morgan fingerprint density at radius 1 is 1.04 bits per heavy atom. The third-order valence-corrected chi connectivity index (χ3v) is 5.58. The van der Waals surface area contributed by atoms with E-state index >= 15 is 0 Å². The summed E-state index contributed by atoms with van der Waals surface area (Å²) in [7, 11) is -1.14. The van der Waals surface area contributed by atoms with Crippen molar-refractivity contribution in [2.24, 2.45) is 0 Å². The number of benzene rings is 2. The van der Waals surface area contributed by atoms with Crippen LogP contribution in [0.1, 0.15) is 30.4 Å². The summed E-state index contributed by atoms with van der Waals surface area (Å²) in [6.07, 6.45) is 3.22. The molecule has 0 aliphatic carbocycles. The third-order valence-electron chi connectivity index (χ3n) is 4.05. The van der Waals surface area contributed by atoms with Crippen molar-refractivity contribution in [3.05, 3.63) is 65.7 Å². The molecule has 2 nitrogen and oxygen atoms in total. The molecule has 2 atom stereocenters. The largest absolute Gasteiger partial charge is 0.237 e. The smallest absolute Gasteiger partial charge is 0.128 e. The van der Waals surface area contributed by atoms with E-state index in [4.69, 9.17) is 0 Å². The number of nitrogens with zero attached hydrogens (tertiary/aromatic N) is 1. The molecule has 0 spiro atoms. The van der Waals surface area contributed by atoms with Crippen LogP contribution in [0.25, 0.3) is 0 Å². The lowest BCUT2D eigenvalue weighted by molar-refractivity contribution is 0.314. The van der Waals surface area contributed by atoms with Gasteiger partial charge in [-0.2, -0.15) is 0 Å². The van der Waals surface area contributed by atoms with Crippen LogP contribution in [0.5, 0.6) is 0 Å². The predicted octanol–water partition coefficient (Wildman–Crippen LogP) is 3.92. The minimum Gasteiger partial charge on any atom is -0.237 e. The molecule has 118 valence electrons. The molecule has 3 rings (SSSR count). The zero-order valence-electron chi connectivity index (χ0n) is 13.4. The summed E-state index contributed by atoms with van der Waals surface area (Å²) in [6, 6.07) is 18.0. The van der Waals surface area contributed by atoms with Crippen LogP contribution in [0.2, 0.25) is 0 Å². The van der Waals surface area contributed by atoms with Gasteiger partial charge in [0, 0.05) is 12.1 Å². The van der Waals surface area contributed by atoms with Gasteiger partial charge in [-0.3, -0.25) is 0 Å². The fourth-order valence-corrected chi connectivity index (χ4v) is 4.05. The summed E-state index contributed by atoms with van der Waals surface area (Å²) in [5.41, 5.74) is 2.20. The van der Waals surface area contributed by atoms with Crippen LogP contribution in [-0.2, 0) is 11.0 Å². The van der Waals surface area contributed by atoms with E-state index in [-0.39, 0.29) is 6.04 Å². The fraction of sp³-hybridized carbons (Fsp3) is 0.300. The second kappa shape index (κ2) is 7.59. The van der Waals surface area contributed by atoms with Crippen LogP contribution in [0.3, 0.4) is 0 Å². The van der Waals surface area contributed by atoms with Crippen LogP contribution in [0.15, 0.2) is 59.5 Å². The maximum Gasteiger partial charge on any atom is 0.128 e. The quantitative estimate of drug-likeness (QED) is 0.767. The summed E-state index contributed by atoms with van der Waals surface area (Å²) in [4.78, 5) is 0.865. The molecule has 1 saturated heterocycles. The first kappa shape index (κ1) is 16.0. The Morgan fingerprint density at radius 3 is 2.52 bits per heavy atom. The Bertz CT molecular complexity index is 728. The van der Waals surface area contributed by atoms with Crippen LogP contribution in [-0.4, -0.2) is 21.1 Å². The normalized spacial score (nSPS) is 19.6. The topological polar surface area (TPSA) is 20.3 Å². The van der Waals surface area contributed by atoms with E-state index in [1.165, 1.54) is 5.56 Å². The fourth-order valence-electron chi connectivity index (χ4n) is 2.73. The van der Waals surface area contributed by atoms with Gasteiger partial charge in [0.25, 0.3) is 0 Å². The van der Waals surface area contributed by atoms with E-state index in [0.717, 1.165) is 36.3 Å². The van der Waals surface area contributed by atoms with Crippen LogP contribution >= 0.6 is 0 Å². The summed E-state index contributed by atoms with van der Waals surface area (Å²) in [5.74, 6) is 6.57. The molecule has 1 fully saturated rings. The molecular weight excluding hydrogens is 302 g/mol. The van der Waals surface area contributed by atoms with Gasteiger partial charge in [0.05, 0.1) is 10.9 Å². The lowest BCUT2D eigenvalue weighted by Gasteiger charge is -2.31. The van der Waals surface area contributed by atoms with Crippen molar-refractivity contribution in [2.45, 2.75) is 37.1 Å². The van der Waals surface area contributed by atoms with Crippen LogP contribution in [0, 0.1) is 18.8 Å². The van der Waals surface area contributed by atoms with E-state index in [1.54, 1.807) is 0 Å². The molecule has 1 aliphatic rings. The molecule has 0 amide bonds. The van der Waals surface area contributed by atoms with Crippen molar-refractivity contribution in [3.63, 3.8) is 0 Å². The van der Waals surface area contributed by atoms with Crippen molar-refractivity contribution in [1.29, 1.82) is 0 Å². The highest BCUT2D eigenvalue weighted by molar-refractivity contribution is 7.82. The van der Waals surface area contributed by atoms with Crippen molar-refractivity contribution < 1.29 is 4.21 Å². The third kappa shape index (κ3) is 4.10. The molecule has 23 heavy (non-hydrogen) atoms. The van der Waals surface area contributed by atoms with E-state index in [2.05, 4.69) is 11.8 Å². The van der Waals surface area contributed by atoms with Gasteiger partial charge in [0.1, 0.15) is 11.0 Å². The Labute approximate surface area is 141 Å². The summed E-state index contributed by atoms with van der Waals surface area (Å²) < 4.78 is 14.9. The molecule has 0 saturated carbocycles. The molecular formula is C20H21NOS. The highest BCUT2D eigenvalue weighted by atomic mass is 32.2. The molecule has 0 aromatic heterocycles. The van der Waals surface area contributed by atoms with Crippen molar-refractivity contribution in [2.75, 3.05) is 6.54 Å². The second-order valence-corrected chi connectivity index (χ2v) is 7.29. The number of piperidine rings is 1. The van der Waals surface area contributed by atoms with E-state index < -0.39 is 11.0 Å². The molecule has 0 radical (unpaired) electrons. The molecule has 0 N–H and O–H groups in total. The molecule has 2 aromatic carbocycles. The SMILES string of the molecule is Cc1ccc(S(=O)N2CCCC[C@H]2C#Cc2ccccc2)cc1. The van der Waals surface area contributed by atoms with E-state index in [0.29, 0.717) is 0 Å². The van der Waals surface area contributed by atoms with Crippen LogP contribution in [0.4, 0.5) is 0 Å². The second-order valence-electron chi connectivity index (χ2n) is 5.85. The summed E-state index contributed by atoms with van der Waals surface area (Å²) >= 11 is 0. The molecule has 1 heterocycles. The highest BCUT2D eigenvalue weighted by Crippen LogP contribution is 2.22. The minimum atomic E-state index is -1.14. The van der Waals surface area contributed by atoms with Crippen LogP contribution < -0.4 is 0 Å². The Kier molecular flexibility index (Phi) is 5.27. The maximum absolute atomic E-state index is 12.9. The minimum absolute atomic E-state index is 0.0612. The molecule has 0 bridgehead atoms. The first-order valence-electron chi connectivity index (χ1n) is 8.06. The lowest BCUT2D eigenvalue weighted by atomic mass is 10.1. The van der Waals surface area contributed by atoms with Gasteiger partial charge in [-0.05, 0) is 50.5 Å². The van der Waals surface area contributed by atoms with Gasteiger partial charge in [0.15, 0.2) is 0 Å². The molecule has 1 unspecified atom stereocenters. The first-order chi connectivity index (χ1) is 11.2. The Balaban J connectivity index is 1.80. The highest BCUT2D eigenvalue weighted by Gasteiger charge is 2.26. The Morgan fingerprint density at radius 2 is 1.78 bits per heavy atom. The van der Waals surface area contributed by atoms with Gasteiger partial charge in [-0.1, -0.05) is 47.7 Å². The average molecular weight is 323 g/mol. The summed E-state index contributed by atoms with van der Waals surface area (Å²) in [5, 5.41) is 0. The zero-order valence-corrected chi connectivity index (χ0v) is 14.2. The van der Waals surface area contributed by atoms with Gasteiger partial charge in [-0.15, -0.1) is 0 Å². The molecule has 1 aliphatic heterocycles. The predicted molar refractivity (Wildman–Crippen MR) is 95.3 cm³/mol. The number of rotatable bonds is 2. The van der Waals surface area contributed by atoms with Gasteiger partial charge in [-0.25, -0.2) is 8.51 Å². The number of hydrogen-bond donors (Lipinski definition) is 0. The standard InChI is InChI=1S/C20H21NOS/c1-17-10-14-20(15-11-17)23(22)21-16-6-5-9-19(21)13-12-18-7-3-2-4-8-18/h2-4,7-8,10-11,14-15,19H,5-6,9,16H2,1H3/t19-,23?/m0/s1. The monoisotopic (exact) mass is 323 g/mol. The van der Waals surface area contributed by atoms with Gasteiger partial charge < -0.3 is 0 Å². The Hall–Kier alpha value is -1.89. The van der Waals surface area contributed by atoms with Crippen molar-refractivity contribution in [3.8, 4) is 11.8 Å². The zero-order chi connectivity index (χ0) is 16.1. The lowest BCUT2D eigenvalue weighted by Crippen LogP contribution is -2.39. The number of hydrogen-bond acceptors (Lipinski definition) is 1. The van der Waals surface area contributed by atoms with Gasteiger partial charge >= 0.3 is 0 Å². The molecule has 3 heteroatoms. The number of aryl methyl sites for hydroxylation is 1. The average Bonchev–Trinajstić information content (AvgIpc) is 2.61. The van der Waals surface area contributed by atoms with Gasteiger partial charge in [0.2, 0.25) is 0 Å². The van der Waals surface area contributed by atoms with Crippen molar-refractivity contribution in [1.82, 2.24) is 4.31 Å². The summed E-state index contributed by atoms with van der Waals surface area (Å²) in [6.45, 7) is 2.89. The molecule has 2 aromatic rings.